The first-order chi connectivity index (χ1) is 9.04. The number of carbonyl (C=O) groups is 1. The average molecular weight is 260 g/mol. The van der Waals surface area contributed by atoms with Crippen LogP contribution in [0.3, 0.4) is 0 Å². The van der Waals surface area contributed by atoms with Crippen LogP contribution in [0.1, 0.15) is 5.56 Å². The Balaban J connectivity index is 3.37. The van der Waals surface area contributed by atoms with Gasteiger partial charge in [0, 0.05) is 14.1 Å². The molecular weight excluding hydrogens is 244 g/mol. The maximum Gasteiger partial charge on any atom is 0.264 e. The number of hydrogen-bond acceptors (Lipinski definition) is 4. The summed E-state index contributed by atoms with van der Waals surface area (Å²) in [6.07, 6.45) is 1.47. The highest BCUT2D eigenvalue weighted by atomic mass is 16.5. The maximum atomic E-state index is 11.8. The van der Waals surface area contributed by atoms with Crippen molar-refractivity contribution in [3.8, 4) is 17.6 Å². The van der Waals surface area contributed by atoms with Gasteiger partial charge in [0.15, 0.2) is 0 Å². The van der Waals surface area contributed by atoms with Crippen molar-refractivity contribution in [2.75, 3.05) is 28.3 Å². The quantitative estimate of drug-likeness (QED) is 0.610. The number of rotatable bonds is 4. The van der Waals surface area contributed by atoms with Crippen LogP contribution in [0.5, 0.6) is 11.5 Å². The molecule has 0 spiro atoms. The minimum atomic E-state index is -0.365. The summed E-state index contributed by atoms with van der Waals surface area (Å²) >= 11 is 0. The fourth-order valence-electron chi connectivity index (χ4n) is 1.55. The minimum absolute atomic E-state index is 0.0211. The van der Waals surface area contributed by atoms with Gasteiger partial charge in [-0.15, -0.1) is 0 Å². The first kappa shape index (κ1) is 14.6. The van der Waals surface area contributed by atoms with Crippen molar-refractivity contribution < 1.29 is 14.3 Å². The summed E-state index contributed by atoms with van der Waals surface area (Å²) < 4.78 is 10.4. The van der Waals surface area contributed by atoms with Gasteiger partial charge in [0.2, 0.25) is 0 Å². The fourth-order valence-corrected chi connectivity index (χ4v) is 1.55. The fraction of sp³-hybridized carbons (Fsp3) is 0.286. The molecule has 5 nitrogen and oxygen atoms in total. The van der Waals surface area contributed by atoms with Crippen molar-refractivity contribution in [3.63, 3.8) is 0 Å². The Morgan fingerprint density at radius 3 is 2.16 bits per heavy atom. The summed E-state index contributed by atoms with van der Waals surface area (Å²) in [5, 5.41) is 9.09. The highest BCUT2D eigenvalue weighted by Gasteiger charge is 2.14. The number of ether oxygens (including phenoxy) is 2. The van der Waals surface area contributed by atoms with Crippen LogP contribution in [-0.2, 0) is 4.79 Å². The molecule has 0 saturated carbocycles. The number of methoxy groups -OCH3 is 2. The van der Waals surface area contributed by atoms with E-state index in [0.717, 1.165) is 0 Å². The molecule has 0 unspecified atom stereocenters. The Morgan fingerprint density at radius 1 is 1.26 bits per heavy atom. The van der Waals surface area contributed by atoms with Crippen LogP contribution in [0.25, 0.3) is 6.08 Å². The third-order valence-electron chi connectivity index (χ3n) is 2.51. The molecule has 0 aliphatic rings. The number of benzene rings is 1. The lowest BCUT2D eigenvalue weighted by molar-refractivity contribution is -0.124. The molecule has 0 N–H and O–H groups in total. The van der Waals surface area contributed by atoms with E-state index in [-0.39, 0.29) is 11.5 Å². The van der Waals surface area contributed by atoms with Crippen molar-refractivity contribution in [1.29, 1.82) is 5.26 Å². The summed E-state index contributed by atoms with van der Waals surface area (Å²) in [5.74, 6) is 0.716. The molecule has 1 aromatic carbocycles. The second kappa shape index (κ2) is 6.45. The Labute approximate surface area is 112 Å². The molecule has 0 saturated heterocycles. The van der Waals surface area contributed by atoms with Crippen molar-refractivity contribution in [1.82, 2.24) is 4.90 Å². The van der Waals surface area contributed by atoms with Gasteiger partial charge < -0.3 is 14.4 Å². The van der Waals surface area contributed by atoms with Crippen molar-refractivity contribution in [2.45, 2.75) is 0 Å². The largest absolute Gasteiger partial charge is 0.496 e. The van der Waals surface area contributed by atoms with Crippen LogP contribution in [0, 0.1) is 11.3 Å². The predicted molar refractivity (Wildman–Crippen MR) is 71.8 cm³/mol. The number of carbonyl (C=O) groups excluding carboxylic acids is 1. The Morgan fingerprint density at radius 2 is 1.79 bits per heavy atom. The van der Waals surface area contributed by atoms with Crippen LogP contribution in [0.2, 0.25) is 0 Å². The second-order valence-corrected chi connectivity index (χ2v) is 3.95. The minimum Gasteiger partial charge on any atom is -0.496 e. The molecule has 5 heteroatoms. The van der Waals surface area contributed by atoms with E-state index in [9.17, 15) is 4.79 Å². The molecule has 0 bridgehead atoms. The smallest absolute Gasteiger partial charge is 0.264 e. The summed E-state index contributed by atoms with van der Waals surface area (Å²) in [6, 6.07) is 7.14. The van der Waals surface area contributed by atoms with Crippen molar-refractivity contribution in [3.05, 3.63) is 29.3 Å². The van der Waals surface area contributed by atoms with Gasteiger partial charge in [0.25, 0.3) is 5.91 Å². The molecule has 0 aliphatic carbocycles. The van der Waals surface area contributed by atoms with Crippen LogP contribution >= 0.6 is 0 Å². The highest BCUT2D eigenvalue weighted by molar-refractivity contribution is 6.02. The molecule has 100 valence electrons. The van der Waals surface area contributed by atoms with Gasteiger partial charge in [-0.1, -0.05) is 6.07 Å². The SMILES string of the molecule is COc1cccc(OC)c1/C=C(\C#N)C(=O)N(C)C. The van der Waals surface area contributed by atoms with Gasteiger partial charge in [-0.2, -0.15) is 5.26 Å². The van der Waals surface area contributed by atoms with E-state index in [1.807, 2.05) is 6.07 Å². The summed E-state index contributed by atoms with van der Waals surface area (Å²) in [6.45, 7) is 0. The van der Waals surface area contributed by atoms with Crippen molar-refractivity contribution >= 4 is 12.0 Å². The van der Waals surface area contributed by atoms with Gasteiger partial charge in [0.1, 0.15) is 23.1 Å². The zero-order chi connectivity index (χ0) is 14.4. The predicted octanol–water partition coefficient (Wildman–Crippen LogP) is 1.70. The van der Waals surface area contributed by atoms with E-state index < -0.39 is 0 Å². The number of likely N-dealkylation sites (N-methyl/N-ethyl adjacent to an activating group) is 1. The maximum absolute atomic E-state index is 11.8. The van der Waals surface area contributed by atoms with E-state index >= 15 is 0 Å². The molecular formula is C14H16N2O3. The number of nitriles is 1. The lowest BCUT2D eigenvalue weighted by Crippen LogP contribution is -2.22. The Bertz CT molecular complexity index is 520. The third-order valence-corrected chi connectivity index (χ3v) is 2.51. The van der Waals surface area contributed by atoms with E-state index in [1.165, 1.54) is 25.2 Å². The molecule has 1 rings (SSSR count). The Hall–Kier alpha value is -2.48. The third kappa shape index (κ3) is 3.26. The molecule has 0 aromatic heterocycles. The molecule has 0 fully saturated rings. The molecule has 19 heavy (non-hydrogen) atoms. The van der Waals surface area contributed by atoms with Gasteiger partial charge in [-0.25, -0.2) is 0 Å². The lowest BCUT2D eigenvalue weighted by atomic mass is 10.1. The molecule has 0 radical (unpaired) electrons. The van der Waals surface area contributed by atoms with Gasteiger partial charge in [-0.05, 0) is 18.2 Å². The summed E-state index contributed by atoms with van der Waals surface area (Å²) in [5.41, 5.74) is 0.590. The van der Waals surface area contributed by atoms with Crippen LogP contribution in [0.4, 0.5) is 0 Å². The number of amides is 1. The standard InChI is InChI=1S/C14H16N2O3/c1-16(2)14(17)10(9-15)8-11-12(18-3)6-5-7-13(11)19-4/h5-8H,1-4H3/b10-8+. The molecule has 0 atom stereocenters. The lowest BCUT2D eigenvalue weighted by Gasteiger charge is -2.12. The summed E-state index contributed by atoms with van der Waals surface area (Å²) in [4.78, 5) is 13.2. The van der Waals surface area contributed by atoms with Gasteiger partial charge >= 0.3 is 0 Å². The Kier molecular flexibility index (Phi) is 4.95. The molecule has 1 aromatic rings. The monoisotopic (exact) mass is 260 g/mol. The second-order valence-electron chi connectivity index (χ2n) is 3.95. The van der Waals surface area contributed by atoms with E-state index in [1.54, 1.807) is 32.3 Å². The van der Waals surface area contributed by atoms with Crippen LogP contribution in [-0.4, -0.2) is 39.1 Å². The highest BCUT2D eigenvalue weighted by Crippen LogP contribution is 2.30. The average Bonchev–Trinajstić information content (AvgIpc) is 2.43. The van der Waals surface area contributed by atoms with E-state index in [4.69, 9.17) is 14.7 Å². The van der Waals surface area contributed by atoms with E-state index in [0.29, 0.717) is 17.1 Å². The first-order valence-electron chi connectivity index (χ1n) is 5.59. The number of hydrogen-bond donors (Lipinski definition) is 0. The zero-order valence-corrected chi connectivity index (χ0v) is 11.4. The molecule has 1 amide bonds. The topological polar surface area (TPSA) is 62.6 Å². The normalized spacial score (nSPS) is 10.6. The van der Waals surface area contributed by atoms with Gasteiger partial charge in [0.05, 0.1) is 19.8 Å². The van der Waals surface area contributed by atoms with E-state index in [2.05, 4.69) is 0 Å². The summed E-state index contributed by atoms with van der Waals surface area (Å²) in [7, 11) is 6.22. The van der Waals surface area contributed by atoms with Crippen molar-refractivity contribution in [2.24, 2.45) is 0 Å². The van der Waals surface area contributed by atoms with Crippen LogP contribution < -0.4 is 9.47 Å². The molecule has 0 heterocycles. The number of nitrogens with zero attached hydrogens (tertiary/aromatic N) is 2. The van der Waals surface area contributed by atoms with Crippen LogP contribution in [0.15, 0.2) is 23.8 Å². The van der Waals surface area contributed by atoms with Gasteiger partial charge in [-0.3, -0.25) is 4.79 Å². The zero-order valence-electron chi connectivity index (χ0n) is 11.4. The molecule has 0 aliphatic heterocycles. The first-order valence-corrected chi connectivity index (χ1v) is 5.59.